The zero-order valence-electron chi connectivity index (χ0n) is 10.2. The standard InChI is InChI=1S/C13H6BrClF3N3/c14-11-3-8(15)6-20-12(11)21-9-2-1-7(5-19)10(4-9)13(16,17)18/h1-4,6H,(H,20,21). The van der Waals surface area contributed by atoms with Crippen LogP contribution in [-0.4, -0.2) is 4.98 Å². The largest absolute Gasteiger partial charge is 0.417 e. The summed E-state index contributed by atoms with van der Waals surface area (Å²) in [6, 6.07) is 6.42. The van der Waals surface area contributed by atoms with E-state index in [1.807, 2.05) is 0 Å². The van der Waals surface area contributed by atoms with Gasteiger partial charge in [-0.15, -0.1) is 0 Å². The Morgan fingerprint density at radius 3 is 2.57 bits per heavy atom. The van der Waals surface area contributed by atoms with Crippen molar-refractivity contribution in [2.45, 2.75) is 6.18 Å². The third kappa shape index (κ3) is 3.65. The molecule has 0 unspecified atom stereocenters. The molecule has 0 aliphatic rings. The van der Waals surface area contributed by atoms with Gasteiger partial charge in [0.1, 0.15) is 5.82 Å². The van der Waals surface area contributed by atoms with Crippen LogP contribution in [0.3, 0.4) is 0 Å². The Morgan fingerprint density at radius 1 is 1.29 bits per heavy atom. The first kappa shape index (κ1) is 15.6. The summed E-state index contributed by atoms with van der Waals surface area (Å²) in [5.74, 6) is 0.317. The van der Waals surface area contributed by atoms with Crippen LogP contribution in [0, 0.1) is 11.3 Å². The molecule has 2 rings (SSSR count). The van der Waals surface area contributed by atoms with Gasteiger partial charge in [-0.3, -0.25) is 0 Å². The molecule has 0 fully saturated rings. The molecule has 3 nitrogen and oxygen atoms in total. The first-order chi connectivity index (χ1) is 9.81. The average Bonchev–Trinajstić information content (AvgIpc) is 2.41. The van der Waals surface area contributed by atoms with Crippen LogP contribution in [0.5, 0.6) is 0 Å². The minimum Gasteiger partial charge on any atom is -0.339 e. The fourth-order valence-electron chi connectivity index (χ4n) is 1.60. The summed E-state index contributed by atoms with van der Waals surface area (Å²) >= 11 is 8.95. The molecule has 1 aromatic carbocycles. The molecule has 21 heavy (non-hydrogen) atoms. The molecule has 0 saturated carbocycles. The highest BCUT2D eigenvalue weighted by molar-refractivity contribution is 9.10. The van der Waals surface area contributed by atoms with Crippen LogP contribution in [0.25, 0.3) is 0 Å². The van der Waals surface area contributed by atoms with E-state index in [0.717, 1.165) is 12.1 Å². The monoisotopic (exact) mass is 375 g/mol. The normalized spacial score (nSPS) is 11.0. The van der Waals surface area contributed by atoms with E-state index in [1.165, 1.54) is 18.3 Å². The van der Waals surface area contributed by atoms with Gasteiger partial charge in [0.15, 0.2) is 0 Å². The van der Waals surface area contributed by atoms with Gasteiger partial charge in [0.2, 0.25) is 0 Å². The second kappa shape index (κ2) is 5.92. The number of nitriles is 1. The van der Waals surface area contributed by atoms with E-state index < -0.39 is 17.3 Å². The minimum absolute atomic E-state index is 0.164. The lowest BCUT2D eigenvalue weighted by atomic mass is 10.1. The number of alkyl halides is 3. The Kier molecular flexibility index (Phi) is 4.40. The van der Waals surface area contributed by atoms with Crippen molar-refractivity contribution < 1.29 is 13.2 Å². The van der Waals surface area contributed by atoms with Gasteiger partial charge in [-0.25, -0.2) is 4.98 Å². The molecule has 1 aromatic heterocycles. The Hall–Kier alpha value is -1.78. The number of benzene rings is 1. The summed E-state index contributed by atoms with van der Waals surface area (Å²) in [7, 11) is 0. The first-order valence-corrected chi connectivity index (χ1v) is 6.68. The number of pyridine rings is 1. The Morgan fingerprint density at radius 2 is 2.00 bits per heavy atom. The van der Waals surface area contributed by atoms with Crippen LogP contribution in [0.15, 0.2) is 34.9 Å². The molecule has 1 N–H and O–H groups in total. The lowest BCUT2D eigenvalue weighted by Crippen LogP contribution is -2.08. The van der Waals surface area contributed by atoms with E-state index in [2.05, 4.69) is 26.2 Å². The zero-order valence-corrected chi connectivity index (χ0v) is 12.5. The van der Waals surface area contributed by atoms with Crippen molar-refractivity contribution in [3.05, 3.63) is 51.1 Å². The number of rotatable bonds is 2. The van der Waals surface area contributed by atoms with Gasteiger partial charge in [-0.05, 0) is 40.2 Å². The molecule has 0 atom stereocenters. The van der Waals surface area contributed by atoms with Crippen molar-refractivity contribution in [3.63, 3.8) is 0 Å². The van der Waals surface area contributed by atoms with Crippen LogP contribution < -0.4 is 5.32 Å². The molecule has 0 aliphatic carbocycles. The van der Waals surface area contributed by atoms with Crippen molar-refractivity contribution >= 4 is 39.0 Å². The van der Waals surface area contributed by atoms with Crippen molar-refractivity contribution in [2.24, 2.45) is 0 Å². The number of aromatic nitrogens is 1. The summed E-state index contributed by atoms with van der Waals surface area (Å²) in [4.78, 5) is 3.97. The number of hydrogen-bond acceptors (Lipinski definition) is 3. The topological polar surface area (TPSA) is 48.7 Å². The Bertz CT molecular complexity index is 726. The van der Waals surface area contributed by atoms with Gasteiger partial charge in [0.05, 0.1) is 26.7 Å². The van der Waals surface area contributed by atoms with Crippen LogP contribution in [0.4, 0.5) is 24.7 Å². The molecule has 0 radical (unpaired) electrons. The summed E-state index contributed by atoms with van der Waals surface area (Å²) in [5.41, 5.74) is -1.27. The molecule has 0 spiro atoms. The van der Waals surface area contributed by atoms with Crippen molar-refractivity contribution in [3.8, 4) is 6.07 Å². The molecule has 2 aromatic rings. The maximum absolute atomic E-state index is 12.9. The van der Waals surface area contributed by atoms with Gasteiger partial charge >= 0.3 is 6.18 Å². The summed E-state index contributed by atoms with van der Waals surface area (Å²) in [6.07, 6.45) is -3.24. The summed E-state index contributed by atoms with van der Waals surface area (Å²) < 4.78 is 39.1. The fourth-order valence-corrected chi connectivity index (χ4v) is 2.34. The van der Waals surface area contributed by atoms with E-state index in [4.69, 9.17) is 16.9 Å². The van der Waals surface area contributed by atoms with Gasteiger partial charge in [0.25, 0.3) is 0 Å². The fraction of sp³-hybridized carbons (Fsp3) is 0.0769. The number of nitrogens with one attached hydrogen (secondary N) is 1. The van der Waals surface area contributed by atoms with E-state index >= 15 is 0 Å². The van der Waals surface area contributed by atoms with Crippen LogP contribution in [0.1, 0.15) is 11.1 Å². The molecule has 0 aliphatic heterocycles. The summed E-state index contributed by atoms with van der Waals surface area (Å²) in [5, 5.41) is 11.9. The van der Waals surface area contributed by atoms with Crippen LogP contribution >= 0.6 is 27.5 Å². The summed E-state index contributed by atoms with van der Waals surface area (Å²) in [6.45, 7) is 0. The second-order valence-corrected chi connectivity index (χ2v) is 5.27. The maximum atomic E-state index is 12.9. The van der Waals surface area contributed by atoms with Gasteiger partial charge in [0, 0.05) is 11.9 Å². The Balaban J connectivity index is 2.40. The van der Waals surface area contributed by atoms with Gasteiger partial charge in [-0.1, -0.05) is 11.6 Å². The van der Waals surface area contributed by atoms with Crippen LogP contribution in [-0.2, 0) is 6.18 Å². The molecular weight excluding hydrogens is 371 g/mol. The third-order valence-corrected chi connectivity index (χ3v) is 3.33. The lowest BCUT2D eigenvalue weighted by molar-refractivity contribution is -0.137. The van der Waals surface area contributed by atoms with E-state index in [1.54, 1.807) is 6.07 Å². The molecule has 0 saturated heterocycles. The second-order valence-electron chi connectivity index (χ2n) is 3.98. The molecule has 8 heteroatoms. The number of halogens is 5. The van der Waals surface area contributed by atoms with E-state index in [0.29, 0.717) is 15.3 Å². The smallest absolute Gasteiger partial charge is 0.339 e. The number of anilines is 2. The van der Waals surface area contributed by atoms with E-state index in [9.17, 15) is 13.2 Å². The average molecular weight is 377 g/mol. The SMILES string of the molecule is N#Cc1ccc(Nc2ncc(Cl)cc2Br)cc1C(F)(F)F. The zero-order chi connectivity index (χ0) is 15.6. The van der Waals surface area contributed by atoms with Crippen LogP contribution in [0.2, 0.25) is 5.02 Å². The predicted octanol–water partition coefficient (Wildman–Crippen LogP) is 5.13. The molecule has 108 valence electrons. The Labute approximate surface area is 131 Å². The number of nitrogens with zero attached hydrogens (tertiary/aromatic N) is 2. The number of hydrogen-bond donors (Lipinski definition) is 1. The van der Waals surface area contributed by atoms with Gasteiger partial charge < -0.3 is 5.32 Å². The lowest BCUT2D eigenvalue weighted by Gasteiger charge is -2.12. The first-order valence-electron chi connectivity index (χ1n) is 5.50. The highest BCUT2D eigenvalue weighted by Crippen LogP contribution is 2.34. The molecule has 1 heterocycles. The minimum atomic E-state index is -4.60. The molecule has 0 amide bonds. The van der Waals surface area contributed by atoms with Crippen molar-refractivity contribution in [1.82, 2.24) is 4.98 Å². The predicted molar refractivity (Wildman–Crippen MR) is 76.4 cm³/mol. The van der Waals surface area contributed by atoms with Crippen molar-refractivity contribution in [2.75, 3.05) is 5.32 Å². The highest BCUT2D eigenvalue weighted by Gasteiger charge is 2.33. The highest BCUT2D eigenvalue weighted by atomic mass is 79.9. The van der Waals surface area contributed by atoms with Gasteiger partial charge in [-0.2, -0.15) is 18.4 Å². The third-order valence-electron chi connectivity index (χ3n) is 2.52. The molecular formula is C13H6BrClF3N3. The quantitative estimate of drug-likeness (QED) is 0.790. The maximum Gasteiger partial charge on any atom is 0.417 e. The molecule has 0 bridgehead atoms. The van der Waals surface area contributed by atoms with Crippen molar-refractivity contribution in [1.29, 1.82) is 5.26 Å². The van der Waals surface area contributed by atoms with E-state index in [-0.39, 0.29) is 5.69 Å².